The van der Waals surface area contributed by atoms with Crippen LogP contribution in [0.1, 0.15) is 61.3 Å². The zero-order valence-corrected chi connectivity index (χ0v) is 25.7. The van der Waals surface area contributed by atoms with Gasteiger partial charge in [0.2, 0.25) is 5.91 Å². The van der Waals surface area contributed by atoms with Crippen molar-refractivity contribution in [2.45, 2.75) is 52.6 Å². The van der Waals surface area contributed by atoms with Crippen LogP contribution in [0.3, 0.4) is 0 Å². The molecule has 47 heavy (non-hydrogen) atoms. The monoisotopic (exact) mass is 659 g/mol. The van der Waals surface area contributed by atoms with E-state index in [9.17, 15) is 48.6 Å². The van der Waals surface area contributed by atoms with E-state index < -0.39 is 72.0 Å². The third-order valence-corrected chi connectivity index (χ3v) is 5.82. The Kier molecular flexibility index (Phi) is 14.0. The first-order chi connectivity index (χ1) is 22.1. The maximum Gasteiger partial charge on any atom is 0.328 e. The average Bonchev–Trinajstić information content (AvgIpc) is 2.97. The molecule has 0 aromatic heterocycles. The highest BCUT2D eigenvalue weighted by atomic mass is 16.6. The van der Waals surface area contributed by atoms with E-state index in [1.165, 1.54) is 36.4 Å². The number of rotatable bonds is 15. The van der Waals surface area contributed by atoms with Crippen molar-refractivity contribution in [1.29, 1.82) is 0 Å². The SMILES string of the molecule is CC(=O)Oc1cccc(C(=O)NCCC[C@@H](NC(=O)c2cccc(OC(C)=O)c2OC(C)=O)C(=O)N[C@@H](CO)C(=O)O)c1OC(C)=O. The molecule has 0 bridgehead atoms. The number of para-hydroxylation sites is 2. The molecule has 0 saturated carbocycles. The molecule has 0 aliphatic heterocycles. The average molecular weight is 660 g/mol. The van der Waals surface area contributed by atoms with E-state index in [0.29, 0.717) is 0 Å². The third kappa shape index (κ3) is 11.5. The van der Waals surface area contributed by atoms with Crippen molar-refractivity contribution in [1.82, 2.24) is 16.0 Å². The lowest BCUT2D eigenvalue weighted by atomic mass is 10.1. The van der Waals surface area contributed by atoms with Crippen LogP contribution in [-0.4, -0.2) is 83.0 Å². The van der Waals surface area contributed by atoms with Crippen molar-refractivity contribution in [2.24, 2.45) is 0 Å². The number of carbonyl (C=O) groups excluding carboxylic acids is 7. The number of hydrogen-bond acceptors (Lipinski definition) is 13. The largest absolute Gasteiger partial charge is 0.480 e. The first-order valence-corrected chi connectivity index (χ1v) is 13.9. The molecule has 0 fully saturated rings. The van der Waals surface area contributed by atoms with Gasteiger partial charge < -0.3 is 45.1 Å². The number of esters is 4. The summed E-state index contributed by atoms with van der Waals surface area (Å²) in [6.45, 7) is 3.23. The van der Waals surface area contributed by atoms with Crippen LogP contribution in [0.5, 0.6) is 23.0 Å². The van der Waals surface area contributed by atoms with Crippen LogP contribution in [0.15, 0.2) is 36.4 Å². The normalized spacial score (nSPS) is 11.6. The Morgan fingerprint density at radius 1 is 0.660 bits per heavy atom. The van der Waals surface area contributed by atoms with E-state index in [0.717, 1.165) is 27.7 Å². The molecule has 2 aromatic rings. The van der Waals surface area contributed by atoms with Crippen LogP contribution < -0.4 is 34.9 Å². The predicted molar refractivity (Wildman–Crippen MR) is 158 cm³/mol. The molecular formula is C30H33N3O14. The highest BCUT2D eigenvalue weighted by Gasteiger charge is 2.29. The molecule has 17 nitrogen and oxygen atoms in total. The number of carboxylic acids is 1. The number of carbonyl (C=O) groups is 8. The molecule has 5 N–H and O–H groups in total. The van der Waals surface area contributed by atoms with Gasteiger partial charge in [-0.3, -0.25) is 33.6 Å². The molecule has 0 saturated heterocycles. The second-order valence-electron chi connectivity index (χ2n) is 9.65. The molecule has 0 aliphatic rings. The number of aliphatic carboxylic acids is 1. The lowest BCUT2D eigenvalue weighted by molar-refractivity contribution is -0.143. The summed E-state index contributed by atoms with van der Waals surface area (Å²) < 4.78 is 20.2. The minimum Gasteiger partial charge on any atom is -0.480 e. The fraction of sp³-hybridized carbons (Fsp3) is 0.333. The Balaban J connectivity index is 2.29. The first kappa shape index (κ1) is 37.3. The van der Waals surface area contributed by atoms with Crippen LogP contribution in [0, 0.1) is 0 Å². The van der Waals surface area contributed by atoms with Gasteiger partial charge in [-0.05, 0) is 37.1 Å². The molecule has 3 amide bonds. The number of aliphatic hydroxyl groups excluding tert-OH is 1. The second-order valence-corrected chi connectivity index (χ2v) is 9.65. The number of benzene rings is 2. The Morgan fingerprint density at radius 3 is 1.55 bits per heavy atom. The van der Waals surface area contributed by atoms with Gasteiger partial charge in [-0.15, -0.1) is 0 Å². The minimum absolute atomic E-state index is 0.00219. The van der Waals surface area contributed by atoms with Gasteiger partial charge in [-0.2, -0.15) is 0 Å². The van der Waals surface area contributed by atoms with Gasteiger partial charge >= 0.3 is 29.8 Å². The predicted octanol–water partition coefficient (Wildman–Crippen LogP) is 0.258. The molecule has 2 atom stereocenters. The maximum atomic E-state index is 13.3. The Labute approximate surface area is 267 Å². The number of ether oxygens (including phenoxy) is 4. The fourth-order valence-corrected chi connectivity index (χ4v) is 3.92. The second kappa shape index (κ2) is 17.6. The van der Waals surface area contributed by atoms with Crippen molar-refractivity contribution in [2.75, 3.05) is 13.2 Å². The lowest BCUT2D eigenvalue weighted by Gasteiger charge is -2.21. The summed E-state index contributed by atoms with van der Waals surface area (Å²) in [5, 5.41) is 25.7. The van der Waals surface area contributed by atoms with Crippen molar-refractivity contribution in [3.63, 3.8) is 0 Å². The summed E-state index contributed by atoms with van der Waals surface area (Å²) in [5.41, 5.74) is -0.466. The Hall–Kier alpha value is -5.84. The van der Waals surface area contributed by atoms with Crippen molar-refractivity contribution >= 4 is 47.6 Å². The highest BCUT2D eigenvalue weighted by molar-refractivity contribution is 6.01. The number of aliphatic hydroxyl groups is 1. The summed E-state index contributed by atoms with van der Waals surface area (Å²) in [5.74, 6) is -8.62. The van der Waals surface area contributed by atoms with Crippen molar-refractivity contribution in [3.8, 4) is 23.0 Å². The molecule has 0 radical (unpaired) electrons. The summed E-state index contributed by atoms with van der Waals surface area (Å²) in [7, 11) is 0. The quantitative estimate of drug-likeness (QED) is 0.0977. The molecule has 2 aromatic carbocycles. The fourth-order valence-electron chi connectivity index (χ4n) is 3.92. The van der Waals surface area contributed by atoms with E-state index >= 15 is 0 Å². The number of nitrogens with one attached hydrogen (secondary N) is 3. The van der Waals surface area contributed by atoms with Crippen molar-refractivity contribution < 1.29 is 67.5 Å². The number of hydrogen-bond donors (Lipinski definition) is 5. The van der Waals surface area contributed by atoms with E-state index in [-0.39, 0.29) is 47.8 Å². The smallest absolute Gasteiger partial charge is 0.328 e. The van der Waals surface area contributed by atoms with Crippen LogP contribution in [-0.2, 0) is 28.8 Å². The van der Waals surface area contributed by atoms with Crippen LogP contribution in [0.4, 0.5) is 0 Å². The Bertz CT molecular complexity index is 1550. The van der Waals surface area contributed by atoms with E-state index in [1.807, 2.05) is 0 Å². The van der Waals surface area contributed by atoms with E-state index in [2.05, 4.69) is 16.0 Å². The van der Waals surface area contributed by atoms with Crippen LogP contribution >= 0.6 is 0 Å². The van der Waals surface area contributed by atoms with Crippen LogP contribution in [0.2, 0.25) is 0 Å². The molecule has 0 unspecified atom stereocenters. The zero-order chi connectivity index (χ0) is 35.3. The third-order valence-electron chi connectivity index (χ3n) is 5.82. The summed E-state index contributed by atoms with van der Waals surface area (Å²) in [4.78, 5) is 97.1. The zero-order valence-electron chi connectivity index (χ0n) is 25.7. The summed E-state index contributed by atoms with van der Waals surface area (Å²) in [6, 6.07) is 4.63. The minimum atomic E-state index is -1.71. The van der Waals surface area contributed by atoms with Gasteiger partial charge in [-0.25, -0.2) is 4.79 Å². The first-order valence-electron chi connectivity index (χ1n) is 13.9. The van der Waals surface area contributed by atoms with E-state index in [1.54, 1.807) is 0 Å². The Morgan fingerprint density at radius 2 is 1.13 bits per heavy atom. The topological polar surface area (TPSA) is 250 Å². The lowest BCUT2D eigenvalue weighted by Crippen LogP contribution is -2.52. The van der Waals surface area contributed by atoms with Gasteiger partial charge in [-0.1, -0.05) is 12.1 Å². The maximum absolute atomic E-state index is 13.3. The molecular weight excluding hydrogens is 626 g/mol. The van der Waals surface area contributed by atoms with Gasteiger partial charge in [0.15, 0.2) is 23.0 Å². The van der Waals surface area contributed by atoms with Gasteiger partial charge in [0.05, 0.1) is 17.7 Å². The molecule has 0 spiro atoms. The molecule has 17 heteroatoms. The summed E-state index contributed by atoms with van der Waals surface area (Å²) >= 11 is 0. The molecule has 0 aliphatic carbocycles. The highest BCUT2D eigenvalue weighted by Crippen LogP contribution is 2.33. The molecule has 252 valence electrons. The molecule has 0 heterocycles. The van der Waals surface area contributed by atoms with Gasteiger partial charge in [0.1, 0.15) is 12.1 Å². The number of amides is 3. The number of carboxylic acid groups (broad SMARTS) is 1. The summed E-state index contributed by atoms with van der Waals surface area (Å²) in [6.07, 6.45) is -0.204. The molecule has 2 rings (SSSR count). The van der Waals surface area contributed by atoms with Gasteiger partial charge in [0.25, 0.3) is 11.8 Å². The van der Waals surface area contributed by atoms with Gasteiger partial charge in [0, 0.05) is 34.2 Å². The standard InChI is InChI=1S/C30H33N3O14/c1-15(35)44-23-11-5-8-19(25(23)46-17(3)37)27(39)31-13-7-10-21(29(41)33-22(14-34)30(42)43)32-28(40)20-9-6-12-24(45-16(2)36)26(20)47-18(4)38/h5-6,8-9,11-12,21-22,34H,7,10,13-14H2,1-4H3,(H,31,39)(H,32,40)(H,33,41)(H,42,43)/t21-,22+/m1/s1. The van der Waals surface area contributed by atoms with Crippen molar-refractivity contribution in [3.05, 3.63) is 47.5 Å². The van der Waals surface area contributed by atoms with E-state index in [4.69, 9.17) is 18.9 Å². The van der Waals surface area contributed by atoms with Crippen LogP contribution in [0.25, 0.3) is 0 Å².